The highest BCUT2D eigenvalue weighted by Crippen LogP contribution is 2.05. The minimum atomic E-state index is -0.644. The van der Waals surface area contributed by atoms with E-state index in [1.54, 1.807) is 13.0 Å². The van der Waals surface area contributed by atoms with E-state index in [1.807, 2.05) is 13.8 Å². The molecule has 2 N–H and O–H groups in total. The van der Waals surface area contributed by atoms with E-state index in [0.717, 1.165) is 6.42 Å². The van der Waals surface area contributed by atoms with Crippen LogP contribution in [-0.4, -0.2) is 23.6 Å². The van der Waals surface area contributed by atoms with Gasteiger partial charge < -0.3 is 5.32 Å². The van der Waals surface area contributed by atoms with Crippen LogP contribution >= 0.6 is 0 Å². The van der Waals surface area contributed by atoms with Crippen molar-refractivity contribution in [3.05, 3.63) is 35.6 Å². The highest BCUT2D eigenvalue weighted by atomic mass is 19.1. The van der Waals surface area contributed by atoms with Crippen LogP contribution in [0.3, 0.4) is 0 Å². The second-order valence-corrected chi connectivity index (χ2v) is 4.82. The molecular weight excluding hydrogens is 273 g/mol. The van der Waals surface area contributed by atoms with Gasteiger partial charge in [-0.05, 0) is 32.4 Å². The fourth-order valence-electron chi connectivity index (χ4n) is 1.55. The molecule has 0 aliphatic heterocycles. The Morgan fingerprint density at radius 3 is 2.62 bits per heavy atom. The first-order valence-electron chi connectivity index (χ1n) is 6.81. The van der Waals surface area contributed by atoms with E-state index in [4.69, 9.17) is 0 Å². The smallest absolute Gasteiger partial charge is 0.274 e. The van der Waals surface area contributed by atoms with Crippen molar-refractivity contribution in [3.63, 3.8) is 0 Å². The minimum absolute atomic E-state index is 0.0851. The predicted molar refractivity (Wildman–Crippen MR) is 79.5 cm³/mol. The van der Waals surface area contributed by atoms with Gasteiger partial charge in [-0.2, -0.15) is 5.10 Å². The molecule has 1 unspecified atom stereocenters. The van der Waals surface area contributed by atoms with Crippen LogP contribution in [0.5, 0.6) is 0 Å². The Hall–Kier alpha value is -2.24. The summed E-state index contributed by atoms with van der Waals surface area (Å²) in [6, 6.07) is 5.72. The first kappa shape index (κ1) is 16.8. The monoisotopic (exact) mass is 293 g/mol. The summed E-state index contributed by atoms with van der Waals surface area (Å²) in [4.78, 5) is 23.3. The zero-order valence-electron chi connectivity index (χ0n) is 12.4. The lowest BCUT2D eigenvalue weighted by Gasteiger charge is -2.11. The van der Waals surface area contributed by atoms with E-state index >= 15 is 0 Å². The van der Waals surface area contributed by atoms with Crippen LogP contribution in [0, 0.1) is 5.82 Å². The highest BCUT2D eigenvalue weighted by molar-refractivity contribution is 6.01. The molecule has 1 rings (SSSR count). The van der Waals surface area contributed by atoms with Crippen molar-refractivity contribution in [3.8, 4) is 0 Å². The largest absolute Gasteiger partial charge is 0.353 e. The molecule has 0 aliphatic rings. The molecule has 0 spiro atoms. The van der Waals surface area contributed by atoms with Gasteiger partial charge in [0, 0.05) is 11.8 Å². The number of benzene rings is 1. The van der Waals surface area contributed by atoms with E-state index < -0.39 is 11.7 Å². The molecule has 1 aromatic carbocycles. The summed E-state index contributed by atoms with van der Waals surface area (Å²) in [6.07, 6.45) is 0.924. The summed E-state index contributed by atoms with van der Waals surface area (Å²) in [7, 11) is 0. The molecule has 5 nitrogen and oxygen atoms in total. The number of hydrazone groups is 1. The molecule has 0 bridgehead atoms. The quantitative estimate of drug-likeness (QED) is 0.623. The van der Waals surface area contributed by atoms with E-state index in [0.29, 0.717) is 5.71 Å². The number of nitrogens with zero attached hydrogens (tertiary/aromatic N) is 1. The Kier molecular flexibility index (Phi) is 6.52. The number of carbonyl (C=O) groups is 2. The average molecular weight is 293 g/mol. The van der Waals surface area contributed by atoms with Crippen LogP contribution in [0.15, 0.2) is 29.4 Å². The fraction of sp³-hybridized carbons (Fsp3) is 0.400. The highest BCUT2D eigenvalue weighted by Gasteiger charge is 2.11. The summed E-state index contributed by atoms with van der Waals surface area (Å²) in [5.41, 5.74) is 2.60. The van der Waals surface area contributed by atoms with E-state index in [2.05, 4.69) is 15.8 Å². The van der Waals surface area contributed by atoms with Gasteiger partial charge in [-0.25, -0.2) is 9.82 Å². The first-order valence-corrected chi connectivity index (χ1v) is 6.81. The maximum absolute atomic E-state index is 13.4. The van der Waals surface area contributed by atoms with Gasteiger partial charge >= 0.3 is 0 Å². The van der Waals surface area contributed by atoms with Gasteiger partial charge in [0.1, 0.15) is 5.82 Å². The number of carbonyl (C=O) groups excluding carboxylic acids is 2. The molecule has 0 aliphatic carbocycles. The second kappa shape index (κ2) is 8.14. The molecule has 0 aromatic heterocycles. The van der Waals surface area contributed by atoms with Gasteiger partial charge in [-0.1, -0.05) is 19.1 Å². The van der Waals surface area contributed by atoms with Gasteiger partial charge in [-0.15, -0.1) is 0 Å². The second-order valence-electron chi connectivity index (χ2n) is 4.82. The number of halogens is 1. The summed E-state index contributed by atoms with van der Waals surface area (Å²) < 4.78 is 13.4. The lowest BCUT2D eigenvalue weighted by atomic mass is 10.2. The number of hydrogen-bond donors (Lipinski definition) is 2. The van der Waals surface area contributed by atoms with Crippen molar-refractivity contribution < 1.29 is 14.0 Å². The molecule has 0 heterocycles. The number of hydrogen-bond acceptors (Lipinski definition) is 3. The molecular formula is C15H20FN3O2. The van der Waals surface area contributed by atoms with Crippen LogP contribution in [0.1, 0.15) is 44.0 Å². The molecule has 114 valence electrons. The van der Waals surface area contributed by atoms with Crippen LogP contribution in [0.4, 0.5) is 4.39 Å². The van der Waals surface area contributed by atoms with Crippen molar-refractivity contribution in [2.75, 3.05) is 0 Å². The topological polar surface area (TPSA) is 70.6 Å². The lowest BCUT2D eigenvalue weighted by molar-refractivity contribution is -0.120. The molecule has 1 aromatic rings. The Bertz CT molecular complexity index is 543. The number of amides is 2. The maximum atomic E-state index is 13.4. The van der Waals surface area contributed by atoms with Crippen molar-refractivity contribution in [2.24, 2.45) is 5.10 Å². The van der Waals surface area contributed by atoms with Crippen LogP contribution in [-0.2, 0) is 4.79 Å². The van der Waals surface area contributed by atoms with Gasteiger partial charge in [-0.3, -0.25) is 9.59 Å². The summed E-state index contributed by atoms with van der Waals surface area (Å²) in [6.45, 7) is 5.50. The third-order valence-electron chi connectivity index (χ3n) is 2.90. The molecule has 0 saturated heterocycles. The molecule has 6 heteroatoms. The van der Waals surface area contributed by atoms with Crippen LogP contribution < -0.4 is 10.7 Å². The van der Waals surface area contributed by atoms with Gasteiger partial charge in [0.15, 0.2) is 0 Å². The van der Waals surface area contributed by atoms with E-state index in [9.17, 15) is 14.0 Å². The zero-order chi connectivity index (χ0) is 15.8. The third-order valence-corrected chi connectivity index (χ3v) is 2.90. The van der Waals surface area contributed by atoms with Crippen LogP contribution in [0.2, 0.25) is 0 Å². The Labute approximate surface area is 123 Å². The SMILES string of the molecule is CCC(C)NC(=O)C/C(C)=N/NC(=O)c1ccccc1F. The molecule has 0 saturated carbocycles. The Balaban J connectivity index is 2.54. The van der Waals surface area contributed by atoms with Gasteiger partial charge in [0.2, 0.25) is 5.91 Å². The fourth-order valence-corrected chi connectivity index (χ4v) is 1.55. The molecule has 2 amide bonds. The number of rotatable bonds is 6. The van der Waals surface area contributed by atoms with Crippen molar-refractivity contribution in [1.29, 1.82) is 0 Å². The predicted octanol–water partition coefficient (Wildman–Crippen LogP) is 2.24. The van der Waals surface area contributed by atoms with Crippen molar-refractivity contribution in [2.45, 2.75) is 39.7 Å². The lowest BCUT2D eigenvalue weighted by Crippen LogP contribution is -2.33. The Morgan fingerprint density at radius 2 is 2.00 bits per heavy atom. The van der Waals surface area contributed by atoms with Crippen molar-refractivity contribution >= 4 is 17.5 Å². The maximum Gasteiger partial charge on any atom is 0.274 e. The molecule has 21 heavy (non-hydrogen) atoms. The third kappa shape index (κ3) is 5.72. The van der Waals surface area contributed by atoms with Crippen molar-refractivity contribution in [1.82, 2.24) is 10.7 Å². The Morgan fingerprint density at radius 1 is 1.33 bits per heavy atom. The van der Waals surface area contributed by atoms with Crippen LogP contribution in [0.25, 0.3) is 0 Å². The molecule has 1 atom stereocenters. The molecule has 0 fully saturated rings. The normalized spacial score (nSPS) is 12.7. The van der Waals surface area contributed by atoms with Gasteiger partial charge in [0.25, 0.3) is 5.91 Å². The van der Waals surface area contributed by atoms with E-state index in [-0.39, 0.29) is 23.9 Å². The first-order chi connectivity index (χ1) is 9.93. The summed E-state index contributed by atoms with van der Waals surface area (Å²) in [5, 5.41) is 6.60. The zero-order valence-corrected chi connectivity index (χ0v) is 12.4. The number of nitrogens with one attached hydrogen (secondary N) is 2. The van der Waals surface area contributed by atoms with E-state index in [1.165, 1.54) is 18.2 Å². The minimum Gasteiger partial charge on any atom is -0.353 e. The van der Waals surface area contributed by atoms with Gasteiger partial charge in [0.05, 0.1) is 12.0 Å². The summed E-state index contributed by atoms with van der Waals surface area (Å²) >= 11 is 0. The summed E-state index contributed by atoms with van der Waals surface area (Å²) in [5.74, 6) is -1.42. The average Bonchev–Trinajstić information content (AvgIpc) is 2.44. The molecule has 0 radical (unpaired) electrons. The standard InChI is InChI=1S/C15H20FN3O2/c1-4-10(2)17-14(20)9-11(3)18-19-15(21)12-7-5-6-8-13(12)16/h5-8,10H,4,9H2,1-3H3,(H,17,20)(H,19,21)/b18-11+.